The van der Waals surface area contributed by atoms with Gasteiger partial charge in [-0.15, -0.1) is 0 Å². The first-order valence-corrected chi connectivity index (χ1v) is 13.3. The fourth-order valence-electron chi connectivity index (χ4n) is 3.52. The maximum Gasteiger partial charge on any atom is 0.417 e. The second-order valence-electron chi connectivity index (χ2n) is 11.6. The molecule has 0 spiro atoms. The first-order chi connectivity index (χ1) is 18.9. The van der Waals surface area contributed by atoms with Crippen molar-refractivity contribution in [1.29, 1.82) is 0 Å². The molecule has 226 valence electrons. The number of hydrogen-bond acceptors (Lipinski definition) is 9. The van der Waals surface area contributed by atoms with E-state index in [-0.39, 0.29) is 26.0 Å². The lowest BCUT2D eigenvalue weighted by atomic mass is 10.1. The van der Waals surface area contributed by atoms with Crippen molar-refractivity contribution in [2.75, 3.05) is 6.54 Å². The molecule has 0 radical (unpaired) electrons. The average molecular weight is 577 g/mol. The molecule has 1 saturated heterocycles. The van der Waals surface area contributed by atoms with Gasteiger partial charge in [-0.2, -0.15) is 0 Å². The highest BCUT2D eigenvalue weighted by molar-refractivity contribution is 6.02. The van der Waals surface area contributed by atoms with E-state index in [0.29, 0.717) is 0 Å². The summed E-state index contributed by atoms with van der Waals surface area (Å²) in [6.07, 6.45) is -1.99. The van der Waals surface area contributed by atoms with Crippen LogP contribution in [0, 0.1) is 0 Å². The van der Waals surface area contributed by atoms with Crippen LogP contribution < -0.4 is 16.0 Å². The molecule has 13 nitrogen and oxygen atoms in total. The van der Waals surface area contributed by atoms with Crippen molar-refractivity contribution in [3.8, 4) is 0 Å². The molecule has 13 heteroatoms. The molecule has 0 aliphatic carbocycles. The first-order valence-electron chi connectivity index (χ1n) is 13.3. The van der Waals surface area contributed by atoms with Crippen molar-refractivity contribution >= 4 is 35.9 Å². The Hall–Kier alpha value is -4.16. The van der Waals surface area contributed by atoms with Gasteiger partial charge in [0, 0.05) is 6.42 Å². The van der Waals surface area contributed by atoms with Gasteiger partial charge in [-0.3, -0.25) is 14.4 Å². The first kappa shape index (κ1) is 33.0. The molecular formula is C28H40N4O9. The van der Waals surface area contributed by atoms with Crippen LogP contribution in [0.3, 0.4) is 0 Å². The van der Waals surface area contributed by atoms with Crippen molar-refractivity contribution < 1.29 is 43.0 Å². The number of rotatable bonds is 10. The summed E-state index contributed by atoms with van der Waals surface area (Å²) in [6.45, 7) is 11.4. The van der Waals surface area contributed by atoms with Crippen LogP contribution >= 0.6 is 0 Å². The zero-order chi connectivity index (χ0) is 31.0. The van der Waals surface area contributed by atoms with Crippen LogP contribution in [0.25, 0.3) is 0 Å². The number of carbonyl (C=O) groups excluding carboxylic acids is 6. The van der Waals surface area contributed by atoms with E-state index in [9.17, 15) is 28.8 Å². The minimum Gasteiger partial charge on any atom is -0.458 e. The summed E-state index contributed by atoms with van der Waals surface area (Å²) in [5, 5.41) is 7.41. The summed E-state index contributed by atoms with van der Waals surface area (Å²) in [5.41, 5.74) is -0.863. The molecule has 5 amide bonds. The van der Waals surface area contributed by atoms with Gasteiger partial charge in [0.1, 0.15) is 35.9 Å². The molecule has 1 aliphatic heterocycles. The maximum atomic E-state index is 12.6. The number of likely N-dealkylation sites (tertiary alicyclic amines) is 1. The van der Waals surface area contributed by atoms with Crippen molar-refractivity contribution in [3.05, 3.63) is 35.9 Å². The minimum absolute atomic E-state index is 0.00558. The van der Waals surface area contributed by atoms with Crippen molar-refractivity contribution in [2.45, 2.75) is 97.2 Å². The normalized spacial score (nSPS) is 16.4. The molecule has 1 aliphatic rings. The highest BCUT2D eigenvalue weighted by Crippen LogP contribution is 2.15. The second kappa shape index (κ2) is 14.0. The Kier molecular flexibility index (Phi) is 11.2. The van der Waals surface area contributed by atoms with Crippen molar-refractivity contribution in [2.24, 2.45) is 0 Å². The number of ether oxygens (including phenoxy) is 3. The van der Waals surface area contributed by atoms with Crippen LogP contribution in [0.15, 0.2) is 30.3 Å². The molecule has 3 atom stereocenters. The lowest BCUT2D eigenvalue weighted by molar-refractivity contribution is -0.157. The molecule has 2 rings (SSSR count). The topological polar surface area (TPSA) is 169 Å². The number of esters is 1. The summed E-state index contributed by atoms with van der Waals surface area (Å²) in [7, 11) is 0. The number of imide groups is 1. The highest BCUT2D eigenvalue weighted by atomic mass is 16.6. The number of alkyl carbamates (subject to hydrolysis) is 1. The number of benzene rings is 1. The number of nitrogens with one attached hydrogen (secondary N) is 3. The summed E-state index contributed by atoms with van der Waals surface area (Å²) in [5.74, 6) is -2.57. The quantitative estimate of drug-likeness (QED) is 0.215. The number of nitrogens with zero attached hydrogens (tertiary/aromatic N) is 1. The fraction of sp³-hybridized carbons (Fsp3) is 0.571. The van der Waals surface area contributed by atoms with E-state index in [1.807, 2.05) is 6.07 Å². The molecule has 3 N–H and O–H groups in total. The van der Waals surface area contributed by atoms with Gasteiger partial charge in [0.15, 0.2) is 0 Å². The minimum atomic E-state index is -1.17. The van der Waals surface area contributed by atoms with Gasteiger partial charge >= 0.3 is 18.2 Å². The summed E-state index contributed by atoms with van der Waals surface area (Å²) < 4.78 is 15.7. The maximum absolute atomic E-state index is 12.6. The van der Waals surface area contributed by atoms with E-state index in [1.54, 1.807) is 65.8 Å². The van der Waals surface area contributed by atoms with E-state index >= 15 is 0 Å². The Labute approximate surface area is 239 Å². The van der Waals surface area contributed by atoms with Crippen LogP contribution in [0.2, 0.25) is 0 Å². The van der Waals surface area contributed by atoms with Gasteiger partial charge < -0.3 is 30.2 Å². The van der Waals surface area contributed by atoms with Crippen LogP contribution in [0.5, 0.6) is 0 Å². The Balaban J connectivity index is 1.82. The van der Waals surface area contributed by atoms with E-state index in [1.165, 1.54) is 6.92 Å². The second-order valence-corrected chi connectivity index (χ2v) is 11.6. The van der Waals surface area contributed by atoms with E-state index in [4.69, 9.17) is 14.2 Å². The highest BCUT2D eigenvalue weighted by Gasteiger charge is 2.43. The molecule has 1 fully saturated rings. The molecule has 1 aromatic rings. The predicted octanol–water partition coefficient (Wildman–Crippen LogP) is 2.17. The van der Waals surface area contributed by atoms with Crippen LogP contribution in [-0.4, -0.2) is 76.6 Å². The average Bonchev–Trinajstić information content (AvgIpc) is 2.85. The molecule has 0 bridgehead atoms. The molecule has 41 heavy (non-hydrogen) atoms. The lowest BCUT2D eigenvalue weighted by Crippen LogP contribution is -2.66. The van der Waals surface area contributed by atoms with Crippen molar-refractivity contribution in [1.82, 2.24) is 20.9 Å². The smallest absolute Gasteiger partial charge is 0.417 e. The van der Waals surface area contributed by atoms with Gasteiger partial charge in [-0.1, -0.05) is 30.3 Å². The van der Waals surface area contributed by atoms with Crippen LogP contribution in [-0.2, 0) is 40.0 Å². The fourth-order valence-corrected chi connectivity index (χ4v) is 3.52. The summed E-state index contributed by atoms with van der Waals surface area (Å²) >= 11 is 0. The zero-order valence-corrected chi connectivity index (χ0v) is 24.6. The van der Waals surface area contributed by atoms with E-state index in [0.717, 1.165) is 10.5 Å². The third-order valence-electron chi connectivity index (χ3n) is 5.48. The number of amides is 5. The molecular weight excluding hydrogens is 536 g/mol. The third-order valence-corrected chi connectivity index (χ3v) is 5.48. The van der Waals surface area contributed by atoms with Gasteiger partial charge in [0.25, 0.3) is 5.91 Å². The summed E-state index contributed by atoms with van der Waals surface area (Å²) in [6, 6.07) is 5.85. The molecule has 1 aromatic carbocycles. The Bertz CT molecular complexity index is 1130. The van der Waals surface area contributed by atoms with Gasteiger partial charge in [0.2, 0.25) is 11.8 Å². The molecule has 1 heterocycles. The molecule has 0 saturated carbocycles. The Morgan fingerprint density at radius 3 is 2.12 bits per heavy atom. The molecule has 0 aromatic heterocycles. The Morgan fingerprint density at radius 1 is 0.951 bits per heavy atom. The van der Waals surface area contributed by atoms with E-state index in [2.05, 4.69) is 16.0 Å². The number of β-lactam (4-membered cyclic amide) rings is 1. The number of carbonyl (C=O) groups is 6. The molecule has 0 unspecified atom stereocenters. The largest absolute Gasteiger partial charge is 0.458 e. The number of hydrogen-bond donors (Lipinski definition) is 3. The standard InChI is InChI=1S/C28H40N4O9/c1-17(22(34)30-20-15-32(23(20)35)26(38)39-16-18-11-9-8-10-12-18)29-21(33)14-13-19(24(36)40-27(2,3)4)31-25(37)41-28(5,6)7/h8-12,17,19-20H,13-16H2,1-7H3,(H,29,33)(H,30,34)(H,31,37)/t17-,19-,20+/m1/s1. The SMILES string of the molecule is C[C@@H](NC(=O)CC[C@@H](NC(=O)OC(C)(C)C)C(=O)OC(C)(C)C)C(=O)N[C@H]1CN(C(=O)OCc2ccccc2)C1=O. The van der Waals surface area contributed by atoms with Crippen molar-refractivity contribution in [3.63, 3.8) is 0 Å². The van der Waals surface area contributed by atoms with Gasteiger partial charge in [-0.05, 0) is 60.5 Å². The van der Waals surface area contributed by atoms with E-state index < -0.39 is 65.2 Å². The Morgan fingerprint density at radius 2 is 1.56 bits per heavy atom. The van der Waals surface area contributed by atoms with Crippen LogP contribution in [0.4, 0.5) is 9.59 Å². The predicted molar refractivity (Wildman–Crippen MR) is 146 cm³/mol. The van der Waals surface area contributed by atoms with Gasteiger partial charge in [-0.25, -0.2) is 19.3 Å². The van der Waals surface area contributed by atoms with Crippen LogP contribution in [0.1, 0.15) is 66.9 Å². The summed E-state index contributed by atoms with van der Waals surface area (Å²) in [4.78, 5) is 75.3. The van der Waals surface area contributed by atoms with Gasteiger partial charge in [0.05, 0.1) is 6.54 Å². The third kappa shape index (κ3) is 11.5. The monoisotopic (exact) mass is 576 g/mol. The zero-order valence-electron chi connectivity index (χ0n) is 24.6. The lowest BCUT2D eigenvalue weighted by Gasteiger charge is -2.36.